The fraction of sp³-hybridized carbons (Fsp3) is 0.417. The number of carbonyl (C=O) groups excluding carboxylic acids is 2. The van der Waals surface area contributed by atoms with Gasteiger partial charge in [-0.05, 0) is 43.7 Å². The van der Waals surface area contributed by atoms with Crippen LogP contribution in [0.2, 0.25) is 0 Å². The Bertz CT molecular complexity index is 1140. The van der Waals surface area contributed by atoms with Crippen LogP contribution in [0.4, 0.5) is 5.69 Å². The van der Waals surface area contributed by atoms with Gasteiger partial charge in [0.05, 0.1) is 33.3 Å². The summed E-state index contributed by atoms with van der Waals surface area (Å²) in [4.78, 5) is 27.6. The molecule has 2 aromatic rings. The monoisotopic (exact) mass is 507 g/mol. The van der Waals surface area contributed by atoms with Crippen molar-refractivity contribution in [1.29, 1.82) is 0 Å². The zero-order valence-electron chi connectivity index (χ0n) is 20.9. The molecule has 0 bridgehead atoms. The second-order valence-corrected chi connectivity index (χ2v) is 9.66. The minimum absolute atomic E-state index is 0.0706. The molecule has 0 saturated heterocycles. The number of hydrogen-bond acceptors (Lipinski definition) is 7. The van der Waals surface area contributed by atoms with Crippen molar-refractivity contribution in [3.8, 4) is 17.2 Å². The first-order chi connectivity index (χ1) is 16.5. The number of nitrogens with zero attached hydrogens (tertiary/aromatic N) is 2. The lowest BCUT2D eigenvalue weighted by Gasteiger charge is -2.32. The molecule has 192 valence electrons. The van der Waals surface area contributed by atoms with Crippen molar-refractivity contribution in [2.24, 2.45) is 0 Å². The molecule has 2 rings (SSSR count). The third-order valence-corrected chi connectivity index (χ3v) is 6.47. The van der Waals surface area contributed by atoms with E-state index in [0.29, 0.717) is 18.0 Å². The van der Waals surface area contributed by atoms with Crippen LogP contribution in [0.5, 0.6) is 17.2 Å². The summed E-state index contributed by atoms with van der Waals surface area (Å²) < 4.78 is 42.3. The quantitative estimate of drug-likeness (QED) is 0.468. The molecule has 11 heteroatoms. The van der Waals surface area contributed by atoms with E-state index < -0.39 is 28.5 Å². The van der Waals surface area contributed by atoms with Gasteiger partial charge in [0.2, 0.25) is 21.8 Å². The number of carbonyl (C=O) groups is 2. The largest absolute Gasteiger partial charge is 0.497 e. The van der Waals surface area contributed by atoms with E-state index in [1.807, 2.05) is 0 Å². The molecule has 2 amide bonds. The van der Waals surface area contributed by atoms with Crippen LogP contribution in [-0.2, 0) is 26.2 Å². The maximum Gasteiger partial charge on any atom is 0.244 e. The molecule has 1 N–H and O–H groups in total. The number of benzene rings is 2. The van der Waals surface area contributed by atoms with Gasteiger partial charge < -0.3 is 24.4 Å². The molecule has 0 aliphatic rings. The zero-order valence-corrected chi connectivity index (χ0v) is 21.7. The molecule has 0 heterocycles. The maximum atomic E-state index is 13.6. The maximum absolute atomic E-state index is 13.6. The Morgan fingerprint density at radius 2 is 1.66 bits per heavy atom. The SMILES string of the molecule is CCNC(=O)[C@H](C)N(Cc1cccc(OC)c1)C(=O)CN(c1cc(OC)ccc1OC)S(C)(=O)=O. The van der Waals surface area contributed by atoms with Crippen molar-refractivity contribution < 1.29 is 32.2 Å². The van der Waals surface area contributed by atoms with Crippen LogP contribution in [0.1, 0.15) is 19.4 Å². The van der Waals surface area contributed by atoms with E-state index in [-0.39, 0.29) is 23.9 Å². The van der Waals surface area contributed by atoms with E-state index in [9.17, 15) is 18.0 Å². The number of sulfonamides is 1. The summed E-state index contributed by atoms with van der Waals surface area (Å²) in [6.45, 7) is 3.29. The van der Waals surface area contributed by atoms with Crippen molar-refractivity contribution in [3.05, 3.63) is 48.0 Å². The van der Waals surface area contributed by atoms with E-state index in [1.165, 1.54) is 32.3 Å². The number of rotatable bonds is 12. The molecular weight excluding hydrogens is 474 g/mol. The first-order valence-electron chi connectivity index (χ1n) is 11.0. The normalized spacial score (nSPS) is 11.8. The number of amides is 2. The first-order valence-corrected chi connectivity index (χ1v) is 12.8. The molecule has 10 nitrogen and oxygen atoms in total. The lowest BCUT2D eigenvalue weighted by molar-refractivity contribution is -0.139. The average Bonchev–Trinajstić information content (AvgIpc) is 2.84. The fourth-order valence-corrected chi connectivity index (χ4v) is 4.30. The summed E-state index contributed by atoms with van der Waals surface area (Å²) in [7, 11) is 0.471. The van der Waals surface area contributed by atoms with Crippen LogP contribution in [0.25, 0.3) is 0 Å². The number of nitrogens with one attached hydrogen (secondary N) is 1. The lowest BCUT2D eigenvalue weighted by Crippen LogP contribution is -2.51. The van der Waals surface area contributed by atoms with Crippen molar-refractivity contribution >= 4 is 27.5 Å². The van der Waals surface area contributed by atoms with Gasteiger partial charge >= 0.3 is 0 Å². The van der Waals surface area contributed by atoms with E-state index >= 15 is 0 Å². The van der Waals surface area contributed by atoms with E-state index in [2.05, 4.69) is 5.32 Å². The Hall–Kier alpha value is -3.47. The molecule has 0 aliphatic heterocycles. The van der Waals surface area contributed by atoms with Gasteiger partial charge in [-0.3, -0.25) is 13.9 Å². The molecule has 0 radical (unpaired) electrons. The number of methoxy groups -OCH3 is 3. The van der Waals surface area contributed by atoms with Crippen molar-refractivity contribution in [3.63, 3.8) is 0 Å². The molecule has 1 atom stereocenters. The van der Waals surface area contributed by atoms with Crippen LogP contribution >= 0.6 is 0 Å². The topological polar surface area (TPSA) is 114 Å². The Balaban J connectivity index is 2.49. The number of anilines is 1. The van der Waals surface area contributed by atoms with Crippen LogP contribution in [0, 0.1) is 0 Å². The summed E-state index contributed by atoms with van der Waals surface area (Å²) >= 11 is 0. The highest BCUT2D eigenvalue weighted by Crippen LogP contribution is 2.34. The van der Waals surface area contributed by atoms with E-state index in [4.69, 9.17) is 14.2 Å². The van der Waals surface area contributed by atoms with E-state index in [0.717, 1.165) is 16.1 Å². The lowest BCUT2D eigenvalue weighted by atomic mass is 10.1. The van der Waals surface area contributed by atoms with Crippen LogP contribution < -0.4 is 23.8 Å². The zero-order chi connectivity index (χ0) is 26.2. The van der Waals surface area contributed by atoms with Crippen LogP contribution in [0.15, 0.2) is 42.5 Å². The third kappa shape index (κ3) is 7.25. The minimum atomic E-state index is -3.91. The molecule has 0 spiro atoms. The summed E-state index contributed by atoms with van der Waals surface area (Å²) in [6.07, 6.45) is 0.999. The molecule has 0 aliphatic carbocycles. The Kier molecular flexibility index (Phi) is 9.76. The molecule has 35 heavy (non-hydrogen) atoms. The van der Waals surface area contributed by atoms with Gasteiger partial charge in [0, 0.05) is 19.2 Å². The molecule has 0 fully saturated rings. The molecule has 0 unspecified atom stereocenters. The van der Waals surface area contributed by atoms with Gasteiger partial charge in [0.25, 0.3) is 0 Å². The minimum Gasteiger partial charge on any atom is -0.497 e. The van der Waals surface area contributed by atoms with Gasteiger partial charge in [0.1, 0.15) is 29.8 Å². The van der Waals surface area contributed by atoms with Crippen molar-refractivity contribution in [2.75, 3.05) is 45.0 Å². The predicted molar refractivity (Wildman–Crippen MR) is 133 cm³/mol. The average molecular weight is 508 g/mol. The second kappa shape index (κ2) is 12.3. The highest BCUT2D eigenvalue weighted by atomic mass is 32.2. The van der Waals surface area contributed by atoms with Gasteiger partial charge in [0.15, 0.2) is 0 Å². The second-order valence-electron chi connectivity index (χ2n) is 7.75. The molecule has 0 aromatic heterocycles. The molecule has 2 aromatic carbocycles. The third-order valence-electron chi connectivity index (χ3n) is 5.34. The molecular formula is C24H33N3O7S. The van der Waals surface area contributed by atoms with E-state index in [1.54, 1.807) is 50.2 Å². The first kappa shape index (κ1) is 27.8. The predicted octanol–water partition coefficient (Wildman–Crippen LogP) is 2.03. The van der Waals surface area contributed by atoms with Crippen molar-refractivity contribution in [1.82, 2.24) is 10.2 Å². The fourth-order valence-electron chi connectivity index (χ4n) is 3.46. The number of ether oxygens (including phenoxy) is 3. The smallest absolute Gasteiger partial charge is 0.244 e. The van der Waals surface area contributed by atoms with Gasteiger partial charge in [-0.1, -0.05) is 12.1 Å². The summed E-state index contributed by atoms with van der Waals surface area (Å²) in [5.74, 6) is 0.320. The highest BCUT2D eigenvalue weighted by Gasteiger charge is 2.31. The standard InChI is InChI=1S/C24H33N3O7S/c1-7-25-24(29)17(2)26(15-18-9-8-10-19(13-18)32-3)23(28)16-27(35(6,30)31)21-14-20(33-4)11-12-22(21)34-5/h8-14,17H,7,15-16H2,1-6H3,(H,25,29)/t17-/m0/s1. The molecule has 0 saturated carbocycles. The number of hydrogen-bond donors (Lipinski definition) is 1. The van der Waals surface area contributed by atoms with Gasteiger partial charge in [-0.2, -0.15) is 0 Å². The Labute approximate surface area is 206 Å². The van der Waals surface area contributed by atoms with Crippen LogP contribution in [0.3, 0.4) is 0 Å². The summed E-state index contributed by atoms with van der Waals surface area (Å²) in [6, 6.07) is 10.9. The Morgan fingerprint density at radius 1 is 1.00 bits per heavy atom. The van der Waals surface area contributed by atoms with Gasteiger partial charge in [-0.25, -0.2) is 8.42 Å². The van der Waals surface area contributed by atoms with Crippen LogP contribution in [-0.4, -0.2) is 71.8 Å². The highest BCUT2D eigenvalue weighted by molar-refractivity contribution is 7.92. The van der Waals surface area contributed by atoms with Gasteiger partial charge in [-0.15, -0.1) is 0 Å². The number of likely N-dealkylation sites (N-methyl/N-ethyl adjacent to an activating group) is 1. The summed E-state index contributed by atoms with van der Waals surface area (Å²) in [5, 5.41) is 2.71. The Morgan fingerprint density at radius 3 is 2.23 bits per heavy atom. The summed E-state index contributed by atoms with van der Waals surface area (Å²) in [5.41, 5.74) is 0.869. The van der Waals surface area contributed by atoms with Crippen molar-refractivity contribution in [2.45, 2.75) is 26.4 Å².